The maximum atomic E-state index is 13.4. The number of imidazole rings is 1. The number of aromatic nitrogens is 5. The van der Waals surface area contributed by atoms with Crippen molar-refractivity contribution >= 4 is 22.9 Å². The highest BCUT2D eigenvalue weighted by Gasteiger charge is 2.26. The first-order valence-electron chi connectivity index (χ1n) is 17.0. The van der Waals surface area contributed by atoms with Gasteiger partial charge in [-0.1, -0.05) is 18.9 Å². The van der Waals surface area contributed by atoms with E-state index >= 15 is 0 Å². The van der Waals surface area contributed by atoms with Crippen LogP contribution >= 0.6 is 0 Å². The third-order valence-corrected chi connectivity index (χ3v) is 9.08. The molecule has 2 aliphatic heterocycles. The van der Waals surface area contributed by atoms with Gasteiger partial charge in [0, 0.05) is 49.6 Å². The maximum Gasteiger partial charge on any atom is 0.410 e. The highest BCUT2D eigenvalue weighted by Crippen LogP contribution is 2.36. The minimum absolute atomic E-state index is 0.0169. The summed E-state index contributed by atoms with van der Waals surface area (Å²) in [5.74, 6) is 0.538. The Morgan fingerprint density at radius 3 is 2.55 bits per heavy atom. The van der Waals surface area contributed by atoms with Crippen LogP contribution in [-0.2, 0) is 16.0 Å². The minimum atomic E-state index is -0.575. The number of amides is 2. The summed E-state index contributed by atoms with van der Waals surface area (Å²) < 4.78 is 13.8. The number of H-pyrrole nitrogens is 1. The van der Waals surface area contributed by atoms with Gasteiger partial charge in [-0.15, -0.1) is 0 Å². The Labute approximate surface area is 276 Å². The zero-order chi connectivity index (χ0) is 33.1. The lowest BCUT2D eigenvalue weighted by Crippen LogP contribution is -2.36. The summed E-state index contributed by atoms with van der Waals surface area (Å²) >= 11 is 0. The number of carbonyl (C=O) groups is 2. The largest absolute Gasteiger partial charge is 0.444 e. The molecule has 2 amide bonds. The number of rotatable bonds is 7. The second-order valence-electron chi connectivity index (χ2n) is 13.7. The van der Waals surface area contributed by atoms with Gasteiger partial charge < -0.3 is 24.3 Å². The number of hydrogen-bond acceptors (Lipinski definition) is 7. The molecule has 11 heteroatoms. The average Bonchev–Trinajstić information content (AvgIpc) is 3.59. The molecule has 1 unspecified atom stereocenters. The van der Waals surface area contributed by atoms with Crippen molar-refractivity contribution in [3.05, 3.63) is 53.6 Å². The van der Waals surface area contributed by atoms with Crippen molar-refractivity contribution in [2.75, 3.05) is 26.2 Å². The van der Waals surface area contributed by atoms with E-state index in [1.807, 2.05) is 49.7 Å². The van der Waals surface area contributed by atoms with Crippen LogP contribution < -0.4 is 0 Å². The predicted octanol–water partition coefficient (Wildman–Crippen LogP) is 7.27. The fourth-order valence-electron chi connectivity index (χ4n) is 6.47. The number of pyridine rings is 1. The standard InChI is InChI=1S/C36H47N7O4/c1-6-41(35(45)47-36(3,4)5)23-26-20-37-21-28(24(26)2)25-14-15-30-27(19-25)32(40-43(30)31-13-9-12-18-46-31)33-38-22-29(39-33)34(44)42-16-10-7-8-11-17-42/h14-15,19-22,31H,6-13,16-18,23H2,1-5H3,(H,38,39). The number of nitrogens with zero attached hydrogens (tertiary/aromatic N) is 6. The van der Waals surface area contributed by atoms with E-state index in [0.29, 0.717) is 36.9 Å². The molecule has 4 aromatic rings. The molecule has 250 valence electrons. The Hall–Kier alpha value is -4.25. The lowest BCUT2D eigenvalue weighted by molar-refractivity contribution is -0.0365. The van der Waals surface area contributed by atoms with Crippen molar-refractivity contribution < 1.29 is 19.1 Å². The van der Waals surface area contributed by atoms with Crippen molar-refractivity contribution in [3.8, 4) is 22.6 Å². The number of benzene rings is 1. The van der Waals surface area contributed by atoms with E-state index in [0.717, 1.165) is 91.2 Å². The van der Waals surface area contributed by atoms with Gasteiger partial charge in [-0.05, 0) is 95.5 Å². The molecule has 1 atom stereocenters. The average molecular weight is 642 g/mol. The predicted molar refractivity (Wildman–Crippen MR) is 181 cm³/mol. The van der Waals surface area contributed by atoms with Crippen molar-refractivity contribution in [1.29, 1.82) is 0 Å². The van der Waals surface area contributed by atoms with Crippen LogP contribution in [0.3, 0.4) is 0 Å². The third-order valence-electron chi connectivity index (χ3n) is 9.08. The third kappa shape index (κ3) is 7.20. The fraction of sp³-hybridized carbons (Fsp3) is 0.528. The Morgan fingerprint density at radius 2 is 1.85 bits per heavy atom. The highest BCUT2D eigenvalue weighted by molar-refractivity contribution is 5.97. The molecular formula is C36H47N7O4. The van der Waals surface area contributed by atoms with Gasteiger partial charge in [-0.2, -0.15) is 5.10 Å². The quantitative estimate of drug-likeness (QED) is 0.225. The summed E-state index contributed by atoms with van der Waals surface area (Å²) in [5, 5.41) is 5.97. The minimum Gasteiger partial charge on any atom is -0.444 e. The molecule has 2 saturated heterocycles. The normalized spacial score (nSPS) is 17.5. The van der Waals surface area contributed by atoms with Crippen molar-refractivity contribution in [3.63, 3.8) is 0 Å². The first kappa shape index (κ1) is 32.7. The number of fused-ring (bicyclic) bond motifs is 1. The molecule has 0 saturated carbocycles. The fourth-order valence-corrected chi connectivity index (χ4v) is 6.47. The molecule has 3 aromatic heterocycles. The first-order chi connectivity index (χ1) is 22.6. The van der Waals surface area contributed by atoms with Crippen molar-refractivity contribution in [1.82, 2.24) is 34.5 Å². The van der Waals surface area contributed by atoms with Crippen LogP contribution in [0.4, 0.5) is 4.79 Å². The molecule has 0 aliphatic carbocycles. The number of likely N-dealkylation sites (tertiary alicyclic amines) is 1. The molecule has 2 aliphatic rings. The van der Waals surface area contributed by atoms with Gasteiger partial charge >= 0.3 is 6.09 Å². The zero-order valence-electron chi connectivity index (χ0n) is 28.3. The van der Waals surface area contributed by atoms with Crippen LogP contribution in [0.5, 0.6) is 0 Å². The SMILES string of the molecule is CCN(Cc1cncc(-c2ccc3c(c2)c(-c2ncc(C(=O)N4CCCCCC4)[nH]2)nn3C2CCCCO2)c1C)C(=O)OC(C)(C)C. The van der Waals surface area contributed by atoms with E-state index in [2.05, 4.69) is 40.1 Å². The van der Waals surface area contributed by atoms with E-state index in [1.165, 1.54) is 0 Å². The molecule has 0 radical (unpaired) electrons. The summed E-state index contributed by atoms with van der Waals surface area (Å²) in [6, 6.07) is 6.29. The number of carbonyl (C=O) groups excluding carboxylic acids is 2. The molecule has 11 nitrogen and oxygen atoms in total. The Balaban J connectivity index is 1.36. The van der Waals surface area contributed by atoms with Crippen molar-refractivity contribution in [2.24, 2.45) is 0 Å². The van der Waals surface area contributed by atoms with Crippen LogP contribution in [0.15, 0.2) is 36.8 Å². The maximum absolute atomic E-state index is 13.4. The molecule has 2 fully saturated rings. The molecule has 5 heterocycles. The molecule has 1 N–H and O–H groups in total. The molecule has 47 heavy (non-hydrogen) atoms. The molecule has 1 aromatic carbocycles. The number of aromatic amines is 1. The van der Waals surface area contributed by atoms with Gasteiger partial charge in [0.25, 0.3) is 5.91 Å². The van der Waals surface area contributed by atoms with E-state index < -0.39 is 5.60 Å². The summed E-state index contributed by atoms with van der Waals surface area (Å²) in [7, 11) is 0. The monoisotopic (exact) mass is 641 g/mol. The van der Waals surface area contributed by atoms with Crippen molar-refractivity contribution in [2.45, 2.75) is 97.9 Å². The van der Waals surface area contributed by atoms with E-state index in [-0.39, 0.29) is 18.2 Å². The van der Waals surface area contributed by atoms with Gasteiger partial charge in [0.1, 0.15) is 17.0 Å². The van der Waals surface area contributed by atoms with Gasteiger partial charge in [0.2, 0.25) is 0 Å². The summed E-state index contributed by atoms with van der Waals surface area (Å²) in [6.45, 7) is 12.8. The second-order valence-corrected chi connectivity index (χ2v) is 13.7. The summed E-state index contributed by atoms with van der Waals surface area (Å²) in [5.41, 5.74) is 5.45. The summed E-state index contributed by atoms with van der Waals surface area (Å²) in [6.07, 6.45) is 12.2. The van der Waals surface area contributed by atoms with Gasteiger partial charge in [-0.3, -0.25) is 9.78 Å². The van der Waals surface area contributed by atoms with Gasteiger partial charge in [0.15, 0.2) is 12.1 Å². The molecule has 6 rings (SSSR count). The molecule has 0 bridgehead atoms. The van der Waals surface area contributed by atoms with Gasteiger partial charge in [0.05, 0.1) is 18.3 Å². The lowest BCUT2D eigenvalue weighted by atomic mass is 9.97. The Kier molecular flexibility index (Phi) is 9.63. The Morgan fingerprint density at radius 1 is 1.06 bits per heavy atom. The zero-order valence-corrected chi connectivity index (χ0v) is 28.3. The van der Waals surface area contributed by atoms with Crippen LogP contribution in [-0.4, -0.2) is 78.4 Å². The molecular weight excluding hydrogens is 594 g/mol. The van der Waals surface area contributed by atoms with Crippen LogP contribution in [0.1, 0.15) is 100 Å². The van der Waals surface area contributed by atoms with Crippen LogP contribution in [0, 0.1) is 6.92 Å². The van der Waals surface area contributed by atoms with Gasteiger partial charge in [-0.25, -0.2) is 14.5 Å². The first-order valence-corrected chi connectivity index (χ1v) is 17.0. The molecule has 0 spiro atoms. The van der Waals surface area contributed by atoms with E-state index in [1.54, 1.807) is 11.1 Å². The van der Waals surface area contributed by atoms with E-state index in [9.17, 15) is 9.59 Å². The second kappa shape index (κ2) is 13.9. The number of hydrogen-bond donors (Lipinski definition) is 1. The van der Waals surface area contributed by atoms with Crippen LogP contribution in [0.25, 0.3) is 33.5 Å². The van der Waals surface area contributed by atoms with Crippen LogP contribution in [0.2, 0.25) is 0 Å². The smallest absolute Gasteiger partial charge is 0.410 e. The van der Waals surface area contributed by atoms with E-state index in [4.69, 9.17) is 14.6 Å². The number of ether oxygens (including phenoxy) is 2. The number of nitrogens with one attached hydrogen (secondary N) is 1. The lowest BCUT2D eigenvalue weighted by Gasteiger charge is -2.27. The Bertz CT molecular complexity index is 1720. The highest BCUT2D eigenvalue weighted by atomic mass is 16.6. The topological polar surface area (TPSA) is 118 Å². The summed E-state index contributed by atoms with van der Waals surface area (Å²) in [4.78, 5) is 42.5.